The van der Waals surface area contributed by atoms with Crippen LogP contribution in [0.5, 0.6) is 5.75 Å². The van der Waals surface area contributed by atoms with Crippen molar-refractivity contribution in [1.82, 2.24) is 9.55 Å². The van der Waals surface area contributed by atoms with Crippen molar-refractivity contribution in [3.8, 4) is 5.75 Å². The van der Waals surface area contributed by atoms with Crippen molar-refractivity contribution in [1.29, 1.82) is 0 Å². The predicted molar refractivity (Wildman–Crippen MR) is 122 cm³/mol. The molecule has 0 bridgehead atoms. The fourth-order valence-corrected chi connectivity index (χ4v) is 5.77. The van der Waals surface area contributed by atoms with Crippen molar-refractivity contribution in [3.05, 3.63) is 53.1 Å². The zero-order valence-electron chi connectivity index (χ0n) is 18.2. The molecular weight excluding hydrogens is 540 g/mol. The quantitative estimate of drug-likeness (QED) is 0.224. The fraction of sp³-hybridized carbons (Fsp3) is 0.450. The van der Waals surface area contributed by atoms with E-state index in [0.29, 0.717) is 0 Å². The Labute approximate surface area is 202 Å². The van der Waals surface area contributed by atoms with E-state index in [1.165, 1.54) is 13.0 Å². The number of ether oxygens (including phenoxy) is 1. The van der Waals surface area contributed by atoms with Gasteiger partial charge >= 0.3 is 13.3 Å². The average Bonchev–Trinajstić information content (AvgIpc) is 3.01. The standard InChI is InChI=1S/C20H24BrFN3O8P/c1-12(13(2)26)11-34(30,33-14-6-4-3-5-7-14)31-10-15-17(27)20(21,22)18(32-15)25-9-8-16(24-29)23-19(25)28/h3-9,12,15,17-18,27,29H,10-11H2,1-2H3,(H,23,24,28)/t12-,15-,17+,18-,20?,34?/m1/s1. The highest BCUT2D eigenvalue weighted by molar-refractivity contribution is 9.10. The molecule has 3 N–H and O–H groups in total. The lowest BCUT2D eigenvalue weighted by Gasteiger charge is -2.24. The maximum Gasteiger partial charge on any atom is 0.379 e. The average molecular weight is 564 g/mol. The molecule has 3 rings (SSSR count). The minimum absolute atomic E-state index is 0.169. The Kier molecular flexibility index (Phi) is 8.27. The van der Waals surface area contributed by atoms with Crippen LogP contribution in [0.2, 0.25) is 0 Å². The molecule has 1 aromatic heterocycles. The molecule has 1 aliphatic rings. The van der Waals surface area contributed by atoms with E-state index in [9.17, 15) is 19.3 Å². The van der Waals surface area contributed by atoms with Crippen LogP contribution in [-0.4, -0.2) is 55.2 Å². The smallest absolute Gasteiger partial charge is 0.379 e. The maximum atomic E-state index is 15.3. The molecule has 1 aliphatic heterocycles. The second-order valence-corrected chi connectivity index (χ2v) is 11.0. The maximum absolute atomic E-state index is 15.3. The number of carbonyl (C=O) groups excluding carboxylic acids is 1. The molecule has 34 heavy (non-hydrogen) atoms. The Morgan fingerprint density at radius 2 is 2.09 bits per heavy atom. The van der Waals surface area contributed by atoms with E-state index < -0.39 is 48.8 Å². The first-order valence-corrected chi connectivity index (χ1v) is 12.7. The van der Waals surface area contributed by atoms with E-state index >= 15 is 4.39 Å². The number of hydrogen-bond acceptors (Lipinski definition) is 10. The number of nitrogens with one attached hydrogen (secondary N) is 1. The van der Waals surface area contributed by atoms with Crippen molar-refractivity contribution in [3.63, 3.8) is 0 Å². The lowest BCUT2D eigenvalue weighted by atomic mass is 10.1. The highest BCUT2D eigenvalue weighted by Gasteiger charge is 2.57. The van der Waals surface area contributed by atoms with Crippen LogP contribution in [0, 0.1) is 5.92 Å². The molecule has 0 radical (unpaired) electrons. The molecule has 1 saturated heterocycles. The Balaban J connectivity index is 1.80. The predicted octanol–water partition coefficient (Wildman–Crippen LogP) is 2.88. The molecule has 0 amide bonds. The molecule has 6 atom stereocenters. The molecule has 0 spiro atoms. The number of carbonyl (C=O) groups is 1. The SMILES string of the molecule is CC(=O)[C@H](C)CP(=O)(OC[C@H]1O[C@@H](n2ccc(NO)nc2=O)C(F)(Br)[C@H]1O)Oc1ccccc1. The third-order valence-electron chi connectivity index (χ3n) is 5.19. The minimum atomic E-state index is -3.95. The summed E-state index contributed by atoms with van der Waals surface area (Å²) in [5, 5.41) is 19.4. The molecular formula is C20H24BrFN3O8P. The molecule has 0 saturated carbocycles. The summed E-state index contributed by atoms with van der Waals surface area (Å²) in [5.41, 5.74) is 0.730. The normalized spacial score (nSPS) is 27.1. The molecule has 11 nitrogen and oxygen atoms in total. The Morgan fingerprint density at radius 1 is 1.41 bits per heavy atom. The molecule has 14 heteroatoms. The van der Waals surface area contributed by atoms with Gasteiger partial charge in [0.15, 0.2) is 12.0 Å². The lowest BCUT2D eigenvalue weighted by Crippen LogP contribution is -2.40. The van der Waals surface area contributed by atoms with Crippen molar-refractivity contribution < 1.29 is 37.8 Å². The van der Waals surface area contributed by atoms with Gasteiger partial charge in [-0.15, -0.1) is 0 Å². The summed E-state index contributed by atoms with van der Waals surface area (Å²) < 4.78 is 43.6. The fourth-order valence-electron chi connectivity index (χ4n) is 3.17. The summed E-state index contributed by atoms with van der Waals surface area (Å²) >= 11 is 2.76. The number of rotatable bonds is 10. The third-order valence-corrected chi connectivity index (χ3v) is 8.08. The van der Waals surface area contributed by atoms with E-state index in [1.807, 2.05) is 0 Å². The number of anilines is 1. The van der Waals surface area contributed by atoms with Crippen molar-refractivity contribution >= 4 is 35.1 Å². The highest BCUT2D eigenvalue weighted by atomic mass is 79.9. The van der Waals surface area contributed by atoms with Crippen LogP contribution in [0.4, 0.5) is 10.2 Å². The first-order valence-electron chi connectivity index (χ1n) is 10.2. The van der Waals surface area contributed by atoms with Crippen LogP contribution in [-0.2, 0) is 18.6 Å². The van der Waals surface area contributed by atoms with Gasteiger partial charge in [0.2, 0.25) is 4.58 Å². The number of aromatic nitrogens is 2. The van der Waals surface area contributed by atoms with Crippen molar-refractivity contribution in [2.45, 2.75) is 36.9 Å². The van der Waals surface area contributed by atoms with Gasteiger partial charge in [-0.1, -0.05) is 25.1 Å². The summed E-state index contributed by atoms with van der Waals surface area (Å²) in [5.74, 6) is -0.815. The van der Waals surface area contributed by atoms with Crippen LogP contribution < -0.4 is 15.7 Å². The number of ketones is 1. The Bertz CT molecular complexity index is 1120. The van der Waals surface area contributed by atoms with E-state index in [1.54, 1.807) is 42.7 Å². The number of para-hydroxylation sites is 1. The number of hydrogen-bond donors (Lipinski definition) is 3. The summed E-state index contributed by atoms with van der Waals surface area (Å²) in [6, 6.07) is 9.36. The summed E-state index contributed by atoms with van der Waals surface area (Å²) in [6.07, 6.45) is -4.00. The number of alkyl halides is 2. The van der Waals surface area contributed by atoms with Crippen LogP contribution >= 0.6 is 23.5 Å². The van der Waals surface area contributed by atoms with Crippen LogP contribution in [0.25, 0.3) is 0 Å². The molecule has 1 fully saturated rings. The van der Waals surface area contributed by atoms with Gasteiger partial charge in [-0.25, -0.2) is 13.8 Å². The van der Waals surface area contributed by atoms with E-state index in [2.05, 4.69) is 20.9 Å². The molecule has 2 unspecified atom stereocenters. The number of aliphatic hydroxyl groups is 1. The number of benzene rings is 1. The lowest BCUT2D eigenvalue weighted by molar-refractivity contribution is -0.119. The zero-order chi connectivity index (χ0) is 25.1. The van der Waals surface area contributed by atoms with Gasteiger partial charge in [-0.05, 0) is 41.1 Å². The topological polar surface area (TPSA) is 149 Å². The molecule has 2 heterocycles. The second kappa shape index (κ2) is 10.6. The van der Waals surface area contributed by atoms with E-state index in [0.717, 1.165) is 10.8 Å². The summed E-state index contributed by atoms with van der Waals surface area (Å²) in [6.45, 7) is 2.35. The van der Waals surface area contributed by atoms with Gasteiger partial charge in [-0.2, -0.15) is 4.98 Å². The first-order chi connectivity index (χ1) is 16.0. The largest absolute Gasteiger partial charge is 0.424 e. The Morgan fingerprint density at radius 3 is 2.68 bits per heavy atom. The number of Topliss-reactive ketones (excluding diaryl/α,β-unsaturated/α-hetero) is 1. The number of halogens is 2. The van der Waals surface area contributed by atoms with Crippen LogP contribution in [0.1, 0.15) is 20.1 Å². The van der Waals surface area contributed by atoms with Crippen molar-refractivity contribution in [2.24, 2.45) is 5.92 Å². The first kappa shape index (κ1) is 26.5. The van der Waals surface area contributed by atoms with Crippen LogP contribution in [0.15, 0.2) is 47.4 Å². The van der Waals surface area contributed by atoms with Gasteiger partial charge in [0.1, 0.15) is 23.7 Å². The molecule has 2 aromatic rings. The number of nitrogens with zero attached hydrogens (tertiary/aromatic N) is 2. The van der Waals surface area contributed by atoms with E-state index in [-0.39, 0.29) is 23.5 Å². The zero-order valence-corrected chi connectivity index (χ0v) is 20.7. The van der Waals surface area contributed by atoms with Crippen LogP contribution in [0.3, 0.4) is 0 Å². The minimum Gasteiger partial charge on any atom is -0.424 e. The summed E-state index contributed by atoms with van der Waals surface area (Å²) in [7, 11) is -3.95. The third kappa shape index (κ3) is 5.91. The summed E-state index contributed by atoms with van der Waals surface area (Å²) in [4.78, 5) is 27.5. The molecule has 0 aliphatic carbocycles. The van der Waals surface area contributed by atoms with Gasteiger partial charge < -0.3 is 14.4 Å². The molecule has 186 valence electrons. The highest BCUT2D eigenvalue weighted by Crippen LogP contribution is 2.52. The second-order valence-electron chi connectivity index (χ2n) is 7.77. The van der Waals surface area contributed by atoms with Gasteiger partial charge in [-0.3, -0.25) is 24.6 Å². The Hall–Kier alpha value is -2.15. The van der Waals surface area contributed by atoms with Crippen molar-refractivity contribution in [2.75, 3.05) is 18.2 Å². The molecule has 1 aromatic carbocycles. The van der Waals surface area contributed by atoms with E-state index in [4.69, 9.17) is 19.0 Å². The van der Waals surface area contributed by atoms with Gasteiger partial charge in [0.25, 0.3) is 0 Å². The van der Waals surface area contributed by atoms with Gasteiger partial charge in [0.05, 0.1) is 12.8 Å². The number of aliphatic hydroxyl groups excluding tert-OH is 1. The van der Waals surface area contributed by atoms with Gasteiger partial charge in [0, 0.05) is 12.1 Å². The monoisotopic (exact) mass is 563 g/mol.